The van der Waals surface area contributed by atoms with Gasteiger partial charge >= 0.3 is 25.8 Å². The van der Waals surface area contributed by atoms with Crippen molar-refractivity contribution in [3.05, 3.63) is 37.4 Å². The van der Waals surface area contributed by atoms with Crippen LogP contribution in [0.1, 0.15) is 0 Å². The highest BCUT2D eigenvalue weighted by molar-refractivity contribution is 7.88. The summed E-state index contributed by atoms with van der Waals surface area (Å²) >= 11 is 0. The topological polar surface area (TPSA) is 104 Å². The average Bonchev–Trinajstić information content (AvgIpc) is 3.09. The van der Waals surface area contributed by atoms with Crippen LogP contribution in [0.25, 0.3) is 0 Å². The second-order valence-electron chi connectivity index (χ2n) is 4.10. The van der Waals surface area contributed by atoms with Crippen molar-refractivity contribution in [2.45, 2.75) is 12.1 Å². The van der Waals surface area contributed by atoms with Gasteiger partial charge in [-0.2, -0.15) is 34.0 Å². The third-order valence-electron chi connectivity index (χ3n) is 2.55. The van der Waals surface area contributed by atoms with Crippen molar-refractivity contribution in [2.75, 3.05) is 6.61 Å². The van der Waals surface area contributed by atoms with Gasteiger partial charge in [0.15, 0.2) is 0 Å². The van der Waals surface area contributed by atoms with Crippen LogP contribution in [0.15, 0.2) is 37.4 Å². The van der Waals surface area contributed by atoms with Crippen LogP contribution < -0.4 is 4.57 Å². The van der Waals surface area contributed by atoms with E-state index < -0.39 is 32.4 Å². The molecule has 0 saturated heterocycles. The molecular formula is C9H10F3N4O5S2+. The van der Waals surface area contributed by atoms with Crippen LogP contribution in [0.3, 0.4) is 0 Å². The molecule has 0 aromatic carbocycles. The molecule has 0 unspecified atom stereocenters. The summed E-state index contributed by atoms with van der Waals surface area (Å²) in [6.45, 7) is -1.11. The van der Waals surface area contributed by atoms with E-state index in [0.29, 0.717) is 0 Å². The summed E-state index contributed by atoms with van der Waals surface area (Å²) in [4.78, 5) is 3.59. The first-order valence-corrected chi connectivity index (χ1v) is 8.61. The molecule has 2 heterocycles. The van der Waals surface area contributed by atoms with E-state index in [4.69, 9.17) is 0 Å². The SMILES string of the molecule is O=S(=O)(n1ccnc1)n1cc[n+](CCOS(=O)(=O)C(F)(F)F)c1. The molecule has 0 aliphatic carbocycles. The Morgan fingerprint density at radius 3 is 2.39 bits per heavy atom. The number of rotatable bonds is 6. The molecule has 2 aromatic heterocycles. The van der Waals surface area contributed by atoms with Gasteiger partial charge in [0.05, 0.1) is 0 Å². The van der Waals surface area contributed by atoms with Crippen molar-refractivity contribution in [3.63, 3.8) is 0 Å². The van der Waals surface area contributed by atoms with Gasteiger partial charge < -0.3 is 0 Å². The Morgan fingerprint density at radius 2 is 1.83 bits per heavy atom. The predicted octanol–water partition coefficient (Wildman–Crippen LogP) is -0.521. The minimum atomic E-state index is -5.68. The van der Waals surface area contributed by atoms with Crippen molar-refractivity contribution >= 4 is 20.3 Å². The Kier molecular flexibility index (Phi) is 4.50. The highest BCUT2D eigenvalue weighted by atomic mass is 32.2. The normalized spacial score (nSPS) is 13.3. The van der Waals surface area contributed by atoms with Gasteiger partial charge in [0.1, 0.15) is 31.9 Å². The summed E-state index contributed by atoms with van der Waals surface area (Å²) in [7, 11) is -9.62. The highest BCUT2D eigenvalue weighted by Crippen LogP contribution is 2.24. The Balaban J connectivity index is 2.04. The minimum Gasteiger partial charge on any atom is -0.259 e. The van der Waals surface area contributed by atoms with E-state index in [2.05, 4.69) is 9.17 Å². The van der Waals surface area contributed by atoms with Crippen molar-refractivity contribution in [1.29, 1.82) is 0 Å². The number of aromatic nitrogens is 4. The second-order valence-corrected chi connectivity index (χ2v) is 7.45. The Hall–Kier alpha value is -1.93. The molecular weight excluding hydrogens is 365 g/mol. The van der Waals surface area contributed by atoms with E-state index in [1.165, 1.54) is 18.6 Å². The lowest BCUT2D eigenvalue weighted by molar-refractivity contribution is -0.696. The van der Waals surface area contributed by atoms with Gasteiger partial charge in [0.2, 0.25) is 0 Å². The fraction of sp³-hybridized carbons (Fsp3) is 0.333. The lowest BCUT2D eigenvalue weighted by atomic mass is 10.7. The smallest absolute Gasteiger partial charge is 0.259 e. The first-order valence-electron chi connectivity index (χ1n) is 5.81. The first kappa shape index (κ1) is 17.4. The highest BCUT2D eigenvalue weighted by Gasteiger charge is 2.47. The van der Waals surface area contributed by atoms with E-state index in [1.54, 1.807) is 0 Å². The minimum absolute atomic E-state index is 0.304. The molecule has 0 atom stereocenters. The monoisotopic (exact) mass is 375 g/mol. The molecule has 2 aromatic rings. The lowest BCUT2D eigenvalue weighted by Crippen LogP contribution is -2.36. The van der Waals surface area contributed by atoms with Crippen molar-refractivity contribution in [1.82, 2.24) is 12.9 Å². The summed E-state index contributed by atoms with van der Waals surface area (Å²) in [6.07, 6.45) is 6.92. The molecule has 0 bridgehead atoms. The maximum absolute atomic E-state index is 12.1. The van der Waals surface area contributed by atoms with E-state index in [1.807, 2.05) is 0 Å². The molecule has 9 nitrogen and oxygen atoms in total. The van der Waals surface area contributed by atoms with Crippen LogP contribution in [-0.2, 0) is 31.1 Å². The van der Waals surface area contributed by atoms with Crippen LogP contribution in [0.5, 0.6) is 0 Å². The first-order chi connectivity index (χ1) is 10.5. The molecule has 128 valence electrons. The van der Waals surface area contributed by atoms with E-state index in [0.717, 1.165) is 31.4 Å². The van der Waals surface area contributed by atoms with Crippen LogP contribution in [0, 0.1) is 0 Å². The maximum Gasteiger partial charge on any atom is 0.523 e. The molecule has 23 heavy (non-hydrogen) atoms. The van der Waals surface area contributed by atoms with Crippen LogP contribution in [-0.4, -0.2) is 41.9 Å². The zero-order valence-electron chi connectivity index (χ0n) is 11.2. The average molecular weight is 375 g/mol. The van der Waals surface area contributed by atoms with Gasteiger partial charge in [0, 0.05) is 12.4 Å². The summed E-state index contributed by atoms with van der Waals surface area (Å²) in [6, 6.07) is 0. The fourth-order valence-electron chi connectivity index (χ4n) is 1.45. The Bertz CT molecular complexity index is 871. The third kappa shape index (κ3) is 3.70. The molecule has 0 amide bonds. The fourth-order valence-corrected chi connectivity index (χ4v) is 2.93. The third-order valence-corrected chi connectivity index (χ3v) is 5.09. The van der Waals surface area contributed by atoms with Crippen LogP contribution in [0.2, 0.25) is 0 Å². The number of alkyl halides is 3. The van der Waals surface area contributed by atoms with Crippen molar-refractivity contribution in [2.24, 2.45) is 0 Å². The van der Waals surface area contributed by atoms with E-state index >= 15 is 0 Å². The van der Waals surface area contributed by atoms with Gasteiger partial charge in [-0.05, 0) is 0 Å². The maximum atomic E-state index is 12.1. The quantitative estimate of drug-likeness (QED) is 0.382. The molecule has 14 heteroatoms. The molecule has 0 aliphatic rings. The molecule has 0 fully saturated rings. The standard InChI is InChI=1S/C9H10F3N4O5S2/c10-9(11,12)22(17,18)21-6-5-14-3-4-16(8-14)23(19,20)15-2-1-13-7-15/h1-4,7-8H,5-6H2/q+1. The van der Waals surface area contributed by atoms with Gasteiger partial charge in [-0.25, -0.2) is 9.55 Å². The molecule has 0 saturated carbocycles. The number of imidazole rings is 2. The summed E-state index contributed by atoms with van der Waals surface area (Å²) in [5, 5.41) is 0. The van der Waals surface area contributed by atoms with E-state index in [-0.39, 0.29) is 6.54 Å². The predicted molar refractivity (Wildman–Crippen MR) is 67.5 cm³/mol. The number of halogens is 3. The molecule has 0 aliphatic heterocycles. The van der Waals surface area contributed by atoms with Gasteiger partial charge in [-0.1, -0.05) is 0 Å². The zero-order valence-corrected chi connectivity index (χ0v) is 12.8. The number of hydrogen-bond acceptors (Lipinski definition) is 6. The Morgan fingerprint density at radius 1 is 1.13 bits per heavy atom. The molecule has 0 spiro atoms. The summed E-state index contributed by atoms with van der Waals surface area (Å²) < 4.78 is 88.3. The zero-order chi connectivity index (χ0) is 17.3. The van der Waals surface area contributed by atoms with Crippen LogP contribution in [0.4, 0.5) is 13.2 Å². The van der Waals surface area contributed by atoms with Gasteiger partial charge in [-0.3, -0.25) is 4.18 Å². The molecule has 0 N–H and O–H groups in total. The largest absolute Gasteiger partial charge is 0.523 e. The Labute approximate surface area is 128 Å². The van der Waals surface area contributed by atoms with E-state index in [9.17, 15) is 30.0 Å². The molecule has 0 radical (unpaired) electrons. The number of hydrogen-bond donors (Lipinski definition) is 0. The summed E-state index contributed by atoms with van der Waals surface area (Å²) in [5.41, 5.74) is -5.51. The van der Waals surface area contributed by atoms with Gasteiger partial charge in [-0.15, -0.1) is 3.97 Å². The lowest BCUT2D eigenvalue weighted by Gasteiger charge is -2.06. The second kappa shape index (κ2) is 5.93. The van der Waals surface area contributed by atoms with Crippen molar-refractivity contribution in [3.8, 4) is 0 Å². The van der Waals surface area contributed by atoms with Gasteiger partial charge in [0.25, 0.3) is 6.33 Å². The molecule has 2 rings (SSSR count). The number of nitrogens with zero attached hydrogens (tertiary/aromatic N) is 4. The van der Waals surface area contributed by atoms with Crippen molar-refractivity contribution < 1.29 is 38.8 Å². The van der Waals surface area contributed by atoms with Crippen LogP contribution >= 0.6 is 0 Å². The summed E-state index contributed by atoms with van der Waals surface area (Å²) in [5.74, 6) is 0.